The molecule has 0 atom stereocenters. The smallest absolute Gasteiger partial charge is 0.0462 e. The number of fused-ring (bicyclic) bond motifs is 1. The zero-order chi connectivity index (χ0) is 31.4. The van der Waals surface area contributed by atoms with Gasteiger partial charge in [0.05, 0.1) is 0 Å². The van der Waals surface area contributed by atoms with Gasteiger partial charge in [-0.25, -0.2) is 0 Å². The van der Waals surface area contributed by atoms with E-state index in [4.69, 9.17) is 0 Å². The van der Waals surface area contributed by atoms with Gasteiger partial charge in [-0.2, -0.15) is 0 Å². The number of rotatable bonds is 7. The summed E-state index contributed by atoms with van der Waals surface area (Å²) in [5, 5.41) is 2.49. The first-order valence-electron chi connectivity index (χ1n) is 16.1. The quantitative estimate of drug-likeness (QED) is 0.176. The van der Waals surface area contributed by atoms with E-state index in [1.54, 1.807) is 0 Å². The second-order valence-corrected chi connectivity index (χ2v) is 11.9. The summed E-state index contributed by atoms with van der Waals surface area (Å²) < 4.78 is 0. The molecule has 0 aliphatic carbocycles. The molecule has 0 heterocycles. The third-order valence-electron chi connectivity index (χ3n) is 8.87. The fraction of sp³-hybridized carbons (Fsp3) is 0. The van der Waals surface area contributed by atoms with Gasteiger partial charge in [0.2, 0.25) is 0 Å². The SMILES string of the molecule is c1ccc(-c2ccc(-c3ccc(N(c4ccccc4)c4ccc(-c5ccc6ccc(-c7ccccc7)cc6c5)cc4)cc3)cc2)cc1. The predicted molar refractivity (Wildman–Crippen MR) is 200 cm³/mol. The lowest BCUT2D eigenvalue weighted by molar-refractivity contribution is 1.28. The second-order valence-electron chi connectivity index (χ2n) is 11.9. The average molecular weight is 600 g/mol. The number of hydrogen-bond donors (Lipinski definition) is 0. The Labute approximate surface area is 276 Å². The molecule has 0 aliphatic heterocycles. The van der Waals surface area contributed by atoms with Crippen LogP contribution in [0.3, 0.4) is 0 Å². The molecule has 0 unspecified atom stereocenters. The fourth-order valence-electron chi connectivity index (χ4n) is 6.35. The van der Waals surface area contributed by atoms with E-state index in [1.807, 2.05) is 0 Å². The molecule has 0 aromatic heterocycles. The summed E-state index contributed by atoms with van der Waals surface area (Å²) in [7, 11) is 0. The minimum Gasteiger partial charge on any atom is -0.311 e. The molecule has 0 saturated carbocycles. The van der Waals surface area contributed by atoms with Crippen LogP contribution in [0.1, 0.15) is 0 Å². The lowest BCUT2D eigenvalue weighted by Crippen LogP contribution is -2.09. The minimum absolute atomic E-state index is 1.12. The van der Waals surface area contributed by atoms with Gasteiger partial charge < -0.3 is 4.90 Å². The summed E-state index contributed by atoms with van der Waals surface area (Å²) in [5.74, 6) is 0. The number of hydrogen-bond acceptors (Lipinski definition) is 1. The minimum atomic E-state index is 1.12. The summed E-state index contributed by atoms with van der Waals surface area (Å²) in [5.41, 5.74) is 13.1. The van der Waals surface area contributed by atoms with Crippen molar-refractivity contribution in [2.45, 2.75) is 0 Å². The summed E-state index contributed by atoms with van der Waals surface area (Å²) in [6, 6.07) is 71.8. The molecule has 0 bridgehead atoms. The summed E-state index contributed by atoms with van der Waals surface area (Å²) >= 11 is 0. The Morgan fingerprint density at radius 2 is 0.511 bits per heavy atom. The number of benzene rings is 8. The molecule has 47 heavy (non-hydrogen) atoms. The number of anilines is 3. The van der Waals surface area contributed by atoms with Crippen molar-refractivity contribution in [3.63, 3.8) is 0 Å². The van der Waals surface area contributed by atoms with Crippen LogP contribution >= 0.6 is 0 Å². The highest BCUT2D eigenvalue weighted by Crippen LogP contribution is 2.37. The second kappa shape index (κ2) is 12.7. The molecule has 8 aromatic carbocycles. The van der Waals surface area contributed by atoms with E-state index in [0.29, 0.717) is 0 Å². The maximum Gasteiger partial charge on any atom is 0.0462 e. The van der Waals surface area contributed by atoms with Crippen molar-refractivity contribution in [1.82, 2.24) is 0 Å². The Kier molecular flexibility index (Phi) is 7.63. The fourth-order valence-corrected chi connectivity index (χ4v) is 6.35. The molecular weight excluding hydrogens is 567 g/mol. The zero-order valence-corrected chi connectivity index (χ0v) is 26.0. The molecule has 0 aliphatic rings. The lowest BCUT2D eigenvalue weighted by atomic mass is 9.97. The normalized spacial score (nSPS) is 11.0. The van der Waals surface area contributed by atoms with Crippen LogP contribution in [-0.4, -0.2) is 0 Å². The highest BCUT2D eigenvalue weighted by Gasteiger charge is 2.13. The first kappa shape index (κ1) is 28.3. The largest absolute Gasteiger partial charge is 0.311 e. The van der Waals surface area contributed by atoms with Crippen LogP contribution < -0.4 is 4.90 Å². The van der Waals surface area contributed by atoms with Crippen molar-refractivity contribution in [3.8, 4) is 44.5 Å². The van der Waals surface area contributed by atoms with Gasteiger partial charge in [0.1, 0.15) is 0 Å². The number of para-hydroxylation sites is 1. The first-order chi connectivity index (χ1) is 23.3. The molecule has 0 fully saturated rings. The van der Waals surface area contributed by atoms with E-state index in [9.17, 15) is 0 Å². The summed E-state index contributed by atoms with van der Waals surface area (Å²) in [6.45, 7) is 0. The van der Waals surface area contributed by atoms with Crippen molar-refractivity contribution in [2.24, 2.45) is 0 Å². The van der Waals surface area contributed by atoms with Crippen molar-refractivity contribution in [3.05, 3.63) is 200 Å². The number of nitrogens with zero attached hydrogens (tertiary/aromatic N) is 1. The van der Waals surface area contributed by atoms with Crippen LogP contribution in [-0.2, 0) is 0 Å². The van der Waals surface area contributed by atoms with Crippen LogP contribution in [0.5, 0.6) is 0 Å². The molecule has 0 saturated heterocycles. The van der Waals surface area contributed by atoms with E-state index in [2.05, 4.69) is 205 Å². The van der Waals surface area contributed by atoms with Gasteiger partial charge in [-0.1, -0.05) is 152 Å². The van der Waals surface area contributed by atoms with Crippen molar-refractivity contribution in [1.29, 1.82) is 0 Å². The molecule has 8 aromatic rings. The van der Waals surface area contributed by atoms with Crippen molar-refractivity contribution >= 4 is 27.8 Å². The van der Waals surface area contributed by atoms with Gasteiger partial charge >= 0.3 is 0 Å². The van der Waals surface area contributed by atoms with Gasteiger partial charge in [0.15, 0.2) is 0 Å². The van der Waals surface area contributed by atoms with Gasteiger partial charge in [0, 0.05) is 17.1 Å². The first-order valence-corrected chi connectivity index (χ1v) is 16.1. The molecular formula is C46H33N. The maximum absolute atomic E-state index is 2.32. The van der Waals surface area contributed by atoms with E-state index >= 15 is 0 Å². The van der Waals surface area contributed by atoms with Crippen LogP contribution in [0.25, 0.3) is 55.3 Å². The van der Waals surface area contributed by atoms with E-state index < -0.39 is 0 Å². The monoisotopic (exact) mass is 599 g/mol. The van der Waals surface area contributed by atoms with Crippen molar-refractivity contribution in [2.75, 3.05) is 4.90 Å². The van der Waals surface area contributed by atoms with Crippen LogP contribution in [0.2, 0.25) is 0 Å². The molecule has 8 rings (SSSR count). The molecule has 0 N–H and O–H groups in total. The van der Waals surface area contributed by atoms with Crippen LogP contribution in [0.4, 0.5) is 17.1 Å². The summed E-state index contributed by atoms with van der Waals surface area (Å²) in [4.78, 5) is 2.32. The van der Waals surface area contributed by atoms with Gasteiger partial charge in [-0.15, -0.1) is 0 Å². The van der Waals surface area contributed by atoms with E-state index in [0.717, 1.165) is 17.1 Å². The highest BCUT2D eigenvalue weighted by molar-refractivity contribution is 5.91. The van der Waals surface area contributed by atoms with Gasteiger partial charge in [-0.05, 0) is 104 Å². The third kappa shape index (κ3) is 5.95. The van der Waals surface area contributed by atoms with Crippen LogP contribution in [0.15, 0.2) is 200 Å². The van der Waals surface area contributed by atoms with Gasteiger partial charge in [-0.3, -0.25) is 0 Å². The molecule has 0 amide bonds. The lowest BCUT2D eigenvalue weighted by Gasteiger charge is -2.26. The van der Waals surface area contributed by atoms with E-state index in [-0.39, 0.29) is 0 Å². The average Bonchev–Trinajstić information content (AvgIpc) is 3.16. The Morgan fingerprint density at radius 3 is 0.957 bits per heavy atom. The van der Waals surface area contributed by atoms with Gasteiger partial charge in [0.25, 0.3) is 0 Å². The van der Waals surface area contributed by atoms with Crippen molar-refractivity contribution < 1.29 is 0 Å². The predicted octanol–water partition coefficient (Wildman–Crippen LogP) is 13.0. The van der Waals surface area contributed by atoms with E-state index in [1.165, 1.54) is 55.3 Å². The molecule has 1 heteroatoms. The highest BCUT2D eigenvalue weighted by atomic mass is 15.1. The Morgan fingerprint density at radius 1 is 0.213 bits per heavy atom. The Balaban J connectivity index is 1.08. The molecule has 1 nitrogen and oxygen atoms in total. The third-order valence-corrected chi connectivity index (χ3v) is 8.87. The molecule has 0 spiro atoms. The maximum atomic E-state index is 2.32. The van der Waals surface area contributed by atoms with Crippen LogP contribution in [0, 0.1) is 0 Å². The zero-order valence-electron chi connectivity index (χ0n) is 26.0. The summed E-state index contributed by atoms with van der Waals surface area (Å²) in [6.07, 6.45) is 0. The Bertz CT molecular complexity index is 2240. The standard InChI is InChI=1S/C46H33N/c1-4-10-34(11-5-1)36-16-18-37(19-17-36)38-24-28-45(29-25-38)47(44-14-8-3-9-15-44)46-30-26-39(27-31-46)42-23-21-40-20-22-41(32-43(40)33-42)35-12-6-2-7-13-35/h1-33H. The topological polar surface area (TPSA) is 3.24 Å². The Hall–Kier alpha value is -6.18. The molecule has 222 valence electrons. The molecule has 0 radical (unpaired) electrons.